The number of esters is 1. The van der Waals surface area contributed by atoms with E-state index < -0.39 is 0 Å². The molecule has 30 heavy (non-hydrogen) atoms. The van der Waals surface area contributed by atoms with Crippen LogP contribution in [0.3, 0.4) is 0 Å². The smallest absolute Gasteiger partial charge is 0.305 e. The molecule has 0 aromatic rings. The van der Waals surface area contributed by atoms with Gasteiger partial charge < -0.3 is 19.1 Å². The van der Waals surface area contributed by atoms with Crippen molar-refractivity contribution in [2.75, 3.05) is 33.9 Å². The van der Waals surface area contributed by atoms with Crippen molar-refractivity contribution >= 4 is 5.97 Å². The van der Waals surface area contributed by atoms with Gasteiger partial charge in [-0.3, -0.25) is 4.79 Å². The average Bonchev–Trinajstić information content (AvgIpc) is 3.17. The highest BCUT2D eigenvalue weighted by molar-refractivity contribution is 5.69. The Kier molecular flexibility index (Phi) is 17.4. The van der Waals surface area contributed by atoms with Gasteiger partial charge >= 0.3 is 5.97 Å². The maximum atomic E-state index is 11.7. The van der Waals surface area contributed by atoms with E-state index in [1.165, 1.54) is 70.6 Å². The van der Waals surface area contributed by atoms with Crippen molar-refractivity contribution in [1.29, 1.82) is 0 Å². The van der Waals surface area contributed by atoms with Gasteiger partial charge in [0.05, 0.1) is 6.10 Å². The SMILES string of the molecule is CCCCCCCCCCCCCCOC1CCC(COC(=O)CCCN(C)C)O1. The molecule has 1 saturated heterocycles. The normalized spacial score (nSPS) is 18.9. The van der Waals surface area contributed by atoms with Gasteiger partial charge in [0.15, 0.2) is 6.29 Å². The molecular formula is C25H49NO4. The van der Waals surface area contributed by atoms with E-state index in [4.69, 9.17) is 14.2 Å². The van der Waals surface area contributed by atoms with Crippen molar-refractivity contribution in [1.82, 2.24) is 4.90 Å². The van der Waals surface area contributed by atoms with E-state index in [-0.39, 0.29) is 18.4 Å². The summed E-state index contributed by atoms with van der Waals surface area (Å²) >= 11 is 0. The van der Waals surface area contributed by atoms with Gasteiger partial charge in [-0.1, -0.05) is 77.6 Å². The lowest BCUT2D eigenvalue weighted by Gasteiger charge is -2.15. The van der Waals surface area contributed by atoms with Gasteiger partial charge in [-0.15, -0.1) is 0 Å². The average molecular weight is 428 g/mol. The molecule has 5 nitrogen and oxygen atoms in total. The quantitative estimate of drug-likeness (QED) is 0.174. The molecule has 0 aromatic heterocycles. The Hall–Kier alpha value is -0.650. The summed E-state index contributed by atoms with van der Waals surface area (Å²) in [5.41, 5.74) is 0. The van der Waals surface area contributed by atoms with E-state index in [0.717, 1.165) is 38.8 Å². The van der Waals surface area contributed by atoms with Crippen molar-refractivity contribution in [3.8, 4) is 0 Å². The summed E-state index contributed by atoms with van der Waals surface area (Å²) in [6.07, 6.45) is 19.3. The van der Waals surface area contributed by atoms with Crippen LogP contribution in [0.2, 0.25) is 0 Å². The number of nitrogens with zero attached hydrogens (tertiary/aromatic N) is 1. The Morgan fingerprint density at radius 3 is 2.07 bits per heavy atom. The second-order valence-corrected chi connectivity index (χ2v) is 9.11. The lowest BCUT2D eigenvalue weighted by molar-refractivity contribution is -0.160. The van der Waals surface area contributed by atoms with Crippen LogP contribution in [-0.4, -0.2) is 57.1 Å². The summed E-state index contributed by atoms with van der Waals surface area (Å²) in [6, 6.07) is 0. The molecule has 2 unspecified atom stereocenters. The van der Waals surface area contributed by atoms with E-state index >= 15 is 0 Å². The number of rotatable bonds is 20. The van der Waals surface area contributed by atoms with Gasteiger partial charge in [-0.25, -0.2) is 0 Å². The van der Waals surface area contributed by atoms with Crippen LogP contribution < -0.4 is 0 Å². The molecule has 178 valence electrons. The molecule has 2 atom stereocenters. The molecule has 0 aromatic carbocycles. The molecule has 0 radical (unpaired) electrons. The highest BCUT2D eigenvalue weighted by atomic mass is 16.7. The van der Waals surface area contributed by atoms with Crippen LogP contribution >= 0.6 is 0 Å². The molecule has 1 heterocycles. The Labute approximate surface area is 186 Å². The minimum Gasteiger partial charge on any atom is -0.463 e. The zero-order valence-corrected chi connectivity index (χ0v) is 20.2. The first-order valence-corrected chi connectivity index (χ1v) is 12.7. The zero-order valence-electron chi connectivity index (χ0n) is 20.2. The Morgan fingerprint density at radius 2 is 1.47 bits per heavy atom. The van der Waals surface area contributed by atoms with Crippen LogP contribution in [0.4, 0.5) is 0 Å². The van der Waals surface area contributed by atoms with Gasteiger partial charge in [-0.05, 0) is 39.9 Å². The zero-order chi connectivity index (χ0) is 21.9. The van der Waals surface area contributed by atoms with Crippen LogP contribution in [0.1, 0.15) is 110 Å². The van der Waals surface area contributed by atoms with Crippen molar-refractivity contribution in [3.63, 3.8) is 0 Å². The van der Waals surface area contributed by atoms with Crippen LogP contribution in [0, 0.1) is 0 Å². The third-order valence-corrected chi connectivity index (χ3v) is 5.79. The molecule has 0 spiro atoms. The fourth-order valence-corrected chi connectivity index (χ4v) is 3.87. The van der Waals surface area contributed by atoms with Gasteiger partial charge in [0.1, 0.15) is 6.61 Å². The third kappa shape index (κ3) is 16.1. The summed E-state index contributed by atoms with van der Waals surface area (Å²) < 4.78 is 17.0. The number of carbonyl (C=O) groups excluding carboxylic acids is 1. The topological polar surface area (TPSA) is 48.0 Å². The monoisotopic (exact) mass is 427 g/mol. The highest BCUT2D eigenvalue weighted by Gasteiger charge is 2.26. The number of hydrogen-bond acceptors (Lipinski definition) is 5. The van der Waals surface area contributed by atoms with Crippen molar-refractivity contribution in [2.45, 2.75) is 122 Å². The Bertz CT molecular complexity index is 403. The first-order chi connectivity index (χ1) is 14.6. The van der Waals surface area contributed by atoms with Gasteiger partial charge in [-0.2, -0.15) is 0 Å². The molecule has 0 N–H and O–H groups in total. The summed E-state index contributed by atoms with van der Waals surface area (Å²) in [5, 5.41) is 0. The van der Waals surface area contributed by atoms with Crippen LogP contribution in [-0.2, 0) is 19.0 Å². The fraction of sp³-hybridized carbons (Fsp3) is 0.960. The van der Waals surface area contributed by atoms with Gasteiger partial charge in [0, 0.05) is 19.4 Å². The molecule has 1 aliphatic heterocycles. The van der Waals surface area contributed by atoms with E-state index in [2.05, 4.69) is 11.8 Å². The Morgan fingerprint density at radius 1 is 0.867 bits per heavy atom. The third-order valence-electron chi connectivity index (χ3n) is 5.79. The summed E-state index contributed by atoms with van der Waals surface area (Å²) in [7, 11) is 4.02. The molecule has 1 fully saturated rings. The van der Waals surface area contributed by atoms with E-state index in [0.29, 0.717) is 13.0 Å². The Balaban J connectivity index is 1.85. The van der Waals surface area contributed by atoms with Crippen LogP contribution in [0.15, 0.2) is 0 Å². The largest absolute Gasteiger partial charge is 0.463 e. The minimum atomic E-state index is -0.124. The molecule has 0 amide bonds. The van der Waals surface area contributed by atoms with Crippen molar-refractivity contribution in [3.05, 3.63) is 0 Å². The molecule has 5 heteroatoms. The van der Waals surface area contributed by atoms with Gasteiger partial charge in [0.2, 0.25) is 0 Å². The number of ether oxygens (including phenoxy) is 3. The molecule has 0 saturated carbocycles. The van der Waals surface area contributed by atoms with E-state index in [1.807, 2.05) is 14.1 Å². The first-order valence-electron chi connectivity index (χ1n) is 12.7. The molecule has 0 bridgehead atoms. The van der Waals surface area contributed by atoms with Crippen molar-refractivity contribution < 1.29 is 19.0 Å². The summed E-state index contributed by atoms with van der Waals surface area (Å²) in [4.78, 5) is 13.8. The summed E-state index contributed by atoms with van der Waals surface area (Å²) in [6.45, 7) is 4.32. The molecule has 1 aliphatic rings. The molecule has 1 rings (SSSR count). The first kappa shape index (κ1) is 27.4. The van der Waals surface area contributed by atoms with Crippen LogP contribution in [0.25, 0.3) is 0 Å². The lowest BCUT2D eigenvalue weighted by atomic mass is 10.1. The van der Waals surface area contributed by atoms with Gasteiger partial charge in [0.25, 0.3) is 0 Å². The highest BCUT2D eigenvalue weighted by Crippen LogP contribution is 2.21. The van der Waals surface area contributed by atoms with Crippen molar-refractivity contribution in [2.24, 2.45) is 0 Å². The maximum Gasteiger partial charge on any atom is 0.305 e. The number of hydrogen-bond donors (Lipinski definition) is 0. The summed E-state index contributed by atoms with van der Waals surface area (Å²) in [5.74, 6) is -0.124. The standard InChI is InChI=1S/C25H49NO4/c1-4-5-6-7-8-9-10-11-12-13-14-15-21-28-25-19-18-23(30-25)22-29-24(27)17-16-20-26(2)3/h23,25H,4-22H2,1-3H3. The predicted octanol–water partition coefficient (Wildman–Crippen LogP) is 6.09. The lowest BCUT2D eigenvalue weighted by Crippen LogP contribution is -2.21. The fourth-order valence-electron chi connectivity index (χ4n) is 3.87. The van der Waals surface area contributed by atoms with E-state index in [1.54, 1.807) is 0 Å². The molecular weight excluding hydrogens is 378 g/mol. The maximum absolute atomic E-state index is 11.7. The minimum absolute atomic E-state index is 0.00484. The number of carbonyl (C=O) groups is 1. The predicted molar refractivity (Wildman–Crippen MR) is 124 cm³/mol. The number of unbranched alkanes of at least 4 members (excludes halogenated alkanes) is 11. The second-order valence-electron chi connectivity index (χ2n) is 9.11. The van der Waals surface area contributed by atoms with E-state index in [9.17, 15) is 4.79 Å². The second kappa shape index (κ2) is 19.1. The van der Waals surface area contributed by atoms with Crippen LogP contribution in [0.5, 0.6) is 0 Å². The molecule has 0 aliphatic carbocycles.